The molecule has 108 valence electrons. The number of rotatable bonds is 2. The minimum absolute atomic E-state index is 0.0439. The molecule has 2 aromatic heterocycles. The molecule has 2 N–H and O–H groups in total. The fourth-order valence-electron chi connectivity index (χ4n) is 2.00. The summed E-state index contributed by atoms with van der Waals surface area (Å²) in [6.45, 7) is 1.85. The highest BCUT2D eigenvalue weighted by molar-refractivity contribution is 7.14. The summed E-state index contributed by atoms with van der Waals surface area (Å²) < 4.78 is 32.0. The van der Waals surface area contributed by atoms with E-state index in [1.54, 1.807) is 0 Å². The largest absolute Gasteiger partial charge is 0.367 e. The van der Waals surface area contributed by atoms with Gasteiger partial charge in [-0.2, -0.15) is 0 Å². The van der Waals surface area contributed by atoms with Gasteiger partial charge in [0.1, 0.15) is 17.3 Å². The molecule has 21 heavy (non-hydrogen) atoms. The molecule has 3 aromatic rings. The standard InChI is InChI=1S/C14H9ClF2N2OS/c1-6-5-21-13(11(6)15)12-10(14(18)20-19-12)8-3-2-7(16)4-9(8)17/h2-5H,18H2,1H3. The van der Waals surface area contributed by atoms with E-state index in [4.69, 9.17) is 21.9 Å². The third-order valence-corrected chi connectivity index (χ3v) is 4.74. The predicted molar refractivity (Wildman–Crippen MR) is 79.3 cm³/mol. The van der Waals surface area contributed by atoms with E-state index in [0.29, 0.717) is 15.6 Å². The first-order valence-electron chi connectivity index (χ1n) is 5.93. The van der Waals surface area contributed by atoms with Crippen molar-refractivity contribution in [3.05, 3.63) is 45.8 Å². The zero-order chi connectivity index (χ0) is 15.1. The van der Waals surface area contributed by atoms with Crippen molar-refractivity contribution in [3.63, 3.8) is 0 Å². The van der Waals surface area contributed by atoms with Crippen LogP contribution in [0.25, 0.3) is 21.7 Å². The molecule has 0 aliphatic carbocycles. The third-order valence-electron chi connectivity index (χ3n) is 3.03. The predicted octanol–water partition coefficient (Wildman–Crippen LogP) is 4.89. The van der Waals surface area contributed by atoms with Crippen molar-refractivity contribution in [3.8, 4) is 21.7 Å². The van der Waals surface area contributed by atoms with Crippen molar-refractivity contribution in [2.24, 2.45) is 0 Å². The molecule has 0 fully saturated rings. The van der Waals surface area contributed by atoms with E-state index in [1.165, 1.54) is 17.4 Å². The highest BCUT2D eigenvalue weighted by atomic mass is 35.5. The Morgan fingerprint density at radius 2 is 2.10 bits per heavy atom. The van der Waals surface area contributed by atoms with Gasteiger partial charge in [-0.1, -0.05) is 16.8 Å². The minimum atomic E-state index is -0.740. The van der Waals surface area contributed by atoms with Gasteiger partial charge in [-0.3, -0.25) is 0 Å². The maximum absolute atomic E-state index is 14.0. The molecule has 0 aliphatic heterocycles. The SMILES string of the molecule is Cc1csc(-c2noc(N)c2-c2ccc(F)cc2F)c1Cl. The van der Waals surface area contributed by atoms with E-state index in [-0.39, 0.29) is 17.0 Å². The number of halogens is 3. The molecule has 0 atom stereocenters. The fourth-order valence-corrected chi connectivity index (χ4v) is 3.27. The molecule has 0 unspecified atom stereocenters. The lowest BCUT2D eigenvalue weighted by atomic mass is 10.0. The second kappa shape index (κ2) is 5.13. The number of hydrogen-bond acceptors (Lipinski definition) is 4. The molecule has 3 rings (SSSR count). The van der Waals surface area contributed by atoms with Crippen LogP contribution in [0.5, 0.6) is 0 Å². The topological polar surface area (TPSA) is 52.0 Å². The summed E-state index contributed by atoms with van der Waals surface area (Å²) in [4.78, 5) is 0.633. The van der Waals surface area contributed by atoms with Gasteiger partial charge in [0.2, 0.25) is 5.88 Å². The van der Waals surface area contributed by atoms with Crippen molar-refractivity contribution in [2.75, 3.05) is 5.73 Å². The van der Waals surface area contributed by atoms with Gasteiger partial charge >= 0.3 is 0 Å². The average molecular weight is 327 g/mol. The molecule has 0 bridgehead atoms. The van der Waals surface area contributed by atoms with E-state index in [2.05, 4.69) is 5.16 Å². The van der Waals surface area contributed by atoms with Crippen molar-refractivity contribution >= 4 is 28.8 Å². The monoisotopic (exact) mass is 326 g/mol. The number of aromatic nitrogens is 1. The highest BCUT2D eigenvalue weighted by Crippen LogP contribution is 2.43. The van der Waals surface area contributed by atoms with Crippen molar-refractivity contribution in [1.82, 2.24) is 5.16 Å². The molecule has 1 aromatic carbocycles. The average Bonchev–Trinajstić information content (AvgIpc) is 2.95. The minimum Gasteiger partial charge on any atom is -0.367 e. The van der Waals surface area contributed by atoms with Crippen molar-refractivity contribution < 1.29 is 13.3 Å². The van der Waals surface area contributed by atoms with Crippen LogP contribution >= 0.6 is 22.9 Å². The van der Waals surface area contributed by atoms with E-state index < -0.39 is 11.6 Å². The van der Waals surface area contributed by atoms with E-state index in [0.717, 1.165) is 17.7 Å². The van der Waals surface area contributed by atoms with Gasteiger partial charge in [0.15, 0.2) is 0 Å². The van der Waals surface area contributed by atoms with Crippen LogP contribution in [0.15, 0.2) is 28.1 Å². The molecule has 0 aliphatic rings. The molecule has 3 nitrogen and oxygen atoms in total. The van der Waals surface area contributed by atoms with Crippen LogP contribution in [0.4, 0.5) is 14.7 Å². The van der Waals surface area contributed by atoms with Gasteiger partial charge in [-0.15, -0.1) is 11.3 Å². The number of nitrogens with zero attached hydrogens (tertiary/aromatic N) is 1. The lowest BCUT2D eigenvalue weighted by molar-refractivity contribution is 0.439. The number of nitrogen functional groups attached to an aromatic ring is 1. The Morgan fingerprint density at radius 1 is 1.33 bits per heavy atom. The van der Waals surface area contributed by atoms with Crippen molar-refractivity contribution in [2.45, 2.75) is 6.92 Å². The molecule has 0 radical (unpaired) electrons. The summed E-state index contributed by atoms with van der Waals surface area (Å²) >= 11 is 7.57. The lowest BCUT2D eigenvalue weighted by Gasteiger charge is -2.04. The van der Waals surface area contributed by atoms with Gasteiger partial charge in [0.25, 0.3) is 0 Å². The second-order valence-corrected chi connectivity index (χ2v) is 5.71. The lowest BCUT2D eigenvalue weighted by Crippen LogP contribution is -1.91. The summed E-state index contributed by atoms with van der Waals surface area (Å²) in [5.41, 5.74) is 7.37. The van der Waals surface area contributed by atoms with Gasteiger partial charge in [0, 0.05) is 11.6 Å². The maximum Gasteiger partial charge on any atom is 0.230 e. The second-order valence-electron chi connectivity index (χ2n) is 4.46. The number of benzene rings is 1. The quantitative estimate of drug-likeness (QED) is 0.729. The first-order chi connectivity index (χ1) is 9.99. The molecule has 0 spiro atoms. The highest BCUT2D eigenvalue weighted by Gasteiger charge is 2.23. The molecule has 0 saturated heterocycles. The van der Waals surface area contributed by atoms with Crippen LogP contribution in [0.3, 0.4) is 0 Å². The first-order valence-corrected chi connectivity index (χ1v) is 7.19. The molecular formula is C14H9ClF2N2OS. The summed E-state index contributed by atoms with van der Waals surface area (Å²) in [6, 6.07) is 3.23. The summed E-state index contributed by atoms with van der Waals surface area (Å²) in [6.07, 6.45) is 0. The number of nitrogens with two attached hydrogens (primary N) is 1. The number of hydrogen-bond donors (Lipinski definition) is 1. The molecule has 2 heterocycles. The van der Waals surface area contributed by atoms with Gasteiger partial charge < -0.3 is 10.3 Å². The molecule has 0 amide bonds. The Bertz CT molecular complexity index is 828. The smallest absolute Gasteiger partial charge is 0.230 e. The van der Waals surface area contributed by atoms with Crippen molar-refractivity contribution in [1.29, 1.82) is 0 Å². The van der Waals surface area contributed by atoms with Gasteiger partial charge in [-0.05, 0) is 30.0 Å². The van der Waals surface area contributed by atoms with Crippen LogP contribution in [-0.2, 0) is 0 Å². The Balaban J connectivity index is 2.24. The van der Waals surface area contributed by atoms with E-state index in [1.807, 2.05) is 12.3 Å². The summed E-state index contributed by atoms with van der Waals surface area (Å²) in [7, 11) is 0. The van der Waals surface area contributed by atoms with Gasteiger partial charge in [-0.25, -0.2) is 8.78 Å². The first kappa shape index (κ1) is 14.0. The molecule has 7 heteroatoms. The fraction of sp³-hybridized carbons (Fsp3) is 0.0714. The van der Waals surface area contributed by atoms with Crippen LogP contribution in [-0.4, -0.2) is 5.16 Å². The summed E-state index contributed by atoms with van der Waals surface area (Å²) in [5, 5.41) is 6.23. The maximum atomic E-state index is 14.0. The molecular weight excluding hydrogens is 318 g/mol. The van der Waals surface area contributed by atoms with Crippen LogP contribution < -0.4 is 5.73 Å². The number of aryl methyl sites for hydroxylation is 1. The Kier molecular flexibility index (Phi) is 3.43. The normalized spacial score (nSPS) is 11.0. The van der Waals surface area contributed by atoms with E-state index >= 15 is 0 Å². The summed E-state index contributed by atoms with van der Waals surface area (Å²) in [5.74, 6) is -1.45. The number of anilines is 1. The molecule has 0 saturated carbocycles. The Morgan fingerprint density at radius 3 is 2.71 bits per heavy atom. The third kappa shape index (κ3) is 2.30. The Labute approximate surface area is 127 Å². The Hall–Kier alpha value is -1.92. The van der Waals surface area contributed by atoms with Crippen LogP contribution in [0.1, 0.15) is 5.56 Å². The van der Waals surface area contributed by atoms with Gasteiger partial charge in [0.05, 0.1) is 15.5 Å². The van der Waals surface area contributed by atoms with E-state index in [9.17, 15) is 8.78 Å². The van der Waals surface area contributed by atoms with Crippen LogP contribution in [0, 0.1) is 18.6 Å². The van der Waals surface area contributed by atoms with Crippen LogP contribution in [0.2, 0.25) is 5.02 Å². The zero-order valence-electron chi connectivity index (χ0n) is 10.8. The number of thiophene rings is 1. The zero-order valence-corrected chi connectivity index (χ0v) is 12.4.